The Morgan fingerprint density at radius 3 is 2.93 bits per heavy atom. The van der Waals surface area contributed by atoms with Crippen molar-refractivity contribution in [2.24, 2.45) is 0 Å². The molecular weight excluding hydrogens is 260 g/mol. The van der Waals surface area contributed by atoms with E-state index >= 15 is 0 Å². The molecule has 0 saturated heterocycles. The number of nitriles is 1. The highest BCUT2D eigenvalue weighted by molar-refractivity contribution is 9.11. The normalized spacial score (nSPS) is 10.0. The van der Waals surface area contributed by atoms with Gasteiger partial charge in [-0.1, -0.05) is 0 Å². The third-order valence-corrected chi connectivity index (χ3v) is 3.51. The molecule has 14 heavy (non-hydrogen) atoms. The Hall–Kier alpha value is -1.05. The van der Waals surface area contributed by atoms with Gasteiger partial charge in [-0.2, -0.15) is 5.26 Å². The third-order valence-electron chi connectivity index (χ3n) is 1.90. The van der Waals surface area contributed by atoms with Crippen molar-refractivity contribution >= 4 is 27.3 Å². The first-order chi connectivity index (χ1) is 6.79. The number of halogens is 1. The molecule has 0 atom stereocenters. The molecule has 0 saturated carbocycles. The third kappa shape index (κ3) is 1.89. The van der Waals surface area contributed by atoms with E-state index in [1.807, 2.05) is 29.0 Å². The van der Waals surface area contributed by atoms with Gasteiger partial charge in [0.05, 0.1) is 10.3 Å². The summed E-state index contributed by atoms with van der Waals surface area (Å²) < 4.78 is 3.07. The summed E-state index contributed by atoms with van der Waals surface area (Å²) in [6.07, 6.45) is 1.92. The van der Waals surface area contributed by atoms with Gasteiger partial charge in [-0.3, -0.25) is 0 Å². The summed E-state index contributed by atoms with van der Waals surface area (Å²) in [6.45, 7) is 0.770. The largest absolute Gasteiger partial charge is 0.334 e. The molecule has 0 amide bonds. The van der Waals surface area contributed by atoms with E-state index in [0.29, 0.717) is 5.69 Å². The van der Waals surface area contributed by atoms with Gasteiger partial charge >= 0.3 is 0 Å². The summed E-state index contributed by atoms with van der Waals surface area (Å²) in [5.41, 5.74) is 0.703. The quantitative estimate of drug-likeness (QED) is 0.821. The minimum Gasteiger partial charge on any atom is -0.334 e. The van der Waals surface area contributed by atoms with Crippen LogP contribution in [0.1, 0.15) is 10.6 Å². The van der Waals surface area contributed by atoms with Gasteiger partial charge in [-0.05, 0) is 40.2 Å². The summed E-state index contributed by atoms with van der Waals surface area (Å²) in [6, 6.07) is 9.96. The summed E-state index contributed by atoms with van der Waals surface area (Å²) in [5, 5.41) is 8.81. The predicted octanol–water partition coefficient (Wildman–Crippen LogP) is 3.23. The van der Waals surface area contributed by atoms with Crippen LogP contribution in [0.3, 0.4) is 0 Å². The fourth-order valence-corrected chi connectivity index (χ4v) is 2.74. The second-order valence-electron chi connectivity index (χ2n) is 2.84. The van der Waals surface area contributed by atoms with Crippen LogP contribution in [0.25, 0.3) is 0 Å². The van der Waals surface area contributed by atoms with E-state index < -0.39 is 0 Å². The van der Waals surface area contributed by atoms with Crippen LogP contribution < -0.4 is 0 Å². The highest BCUT2D eigenvalue weighted by Crippen LogP contribution is 2.23. The molecule has 2 nitrogen and oxygen atoms in total. The molecular formula is C10H7BrN2S. The van der Waals surface area contributed by atoms with Crippen molar-refractivity contribution in [2.45, 2.75) is 6.54 Å². The Morgan fingerprint density at radius 2 is 2.29 bits per heavy atom. The van der Waals surface area contributed by atoms with Crippen LogP contribution in [0.15, 0.2) is 34.2 Å². The summed E-state index contributed by atoms with van der Waals surface area (Å²) >= 11 is 5.11. The summed E-state index contributed by atoms with van der Waals surface area (Å²) in [5.74, 6) is 0. The smallest absolute Gasteiger partial charge is 0.120 e. The van der Waals surface area contributed by atoms with Gasteiger partial charge < -0.3 is 4.57 Å². The van der Waals surface area contributed by atoms with Crippen LogP contribution in [-0.2, 0) is 6.54 Å². The van der Waals surface area contributed by atoms with Crippen molar-refractivity contribution in [3.05, 3.63) is 44.8 Å². The molecule has 0 radical (unpaired) electrons. The molecule has 2 aromatic heterocycles. The maximum absolute atomic E-state index is 8.81. The van der Waals surface area contributed by atoms with Crippen molar-refractivity contribution in [3.8, 4) is 6.07 Å². The van der Waals surface area contributed by atoms with E-state index in [2.05, 4.69) is 28.1 Å². The number of rotatable bonds is 2. The van der Waals surface area contributed by atoms with Crippen LogP contribution in [0.2, 0.25) is 0 Å². The number of aromatic nitrogens is 1. The van der Waals surface area contributed by atoms with Gasteiger partial charge in [-0.25, -0.2) is 0 Å². The number of thiophene rings is 1. The Morgan fingerprint density at radius 1 is 1.43 bits per heavy atom. The van der Waals surface area contributed by atoms with Crippen LogP contribution in [-0.4, -0.2) is 4.57 Å². The van der Waals surface area contributed by atoms with Gasteiger partial charge in [0.25, 0.3) is 0 Å². The molecule has 0 aliphatic rings. The fourth-order valence-electron chi connectivity index (χ4n) is 1.26. The fraction of sp³-hybridized carbons (Fsp3) is 0.100. The Balaban J connectivity index is 2.23. The summed E-state index contributed by atoms with van der Waals surface area (Å²) in [7, 11) is 0. The van der Waals surface area contributed by atoms with Gasteiger partial charge in [-0.15, -0.1) is 11.3 Å². The molecule has 0 bridgehead atoms. The second kappa shape index (κ2) is 3.99. The first-order valence-electron chi connectivity index (χ1n) is 4.09. The van der Waals surface area contributed by atoms with Crippen molar-refractivity contribution in [2.75, 3.05) is 0 Å². The number of hydrogen-bond donors (Lipinski definition) is 0. The van der Waals surface area contributed by atoms with E-state index in [0.717, 1.165) is 10.3 Å². The first-order valence-corrected chi connectivity index (χ1v) is 5.70. The lowest BCUT2D eigenvalue weighted by Gasteiger charge is -2.00. The average Bonchev–Trinajstić information content (AvgIpc) is 2.76. The number of hydrogen-bond acceptors (Lipinski definition) is 2. The van der Waals surface area contributed by atoms with Gasteiger partial charge in [0.1, 0.15) is 11.8 Å². The predicted molar refractivity (Wildman–Crippen MR) is 60.3 cm³/mol. The van der Waals surface area contributed by atoms with Crippen LogP contribution in [0, 0.1) is 11.3 Å². The van der Waals surface area contributed by atoms with Gasteiger partial charge in [0, 0.05) is 11.1 Å². The van der Waals surface area contributed by atoms with E-state index in [1.165, 1.54) is 4.88 Å². The van der Waals surface area contributed by atoms with Crippen molar-refractivity contribution in [1.82, 2.24) is 4.57 Å². The molecule has 2 heterocycles. The average molecular weight is 267 g/mol. The molecule has 0 aliphatic carbocycles. The van der Waals surface area contributed by atoms with Crippen molar-refractivity contribution < 1.29 is 0 Å². The zero-order valence-corrected chi connectivity index (χ0v) is 9.68. The monoisotopic (exact) mass is 266 g/mol. The maximum atomic E-state index is 8.81. The molecule has 4 heteroatoms. The minimum absolute atomic E-state index is 0.703. The van der Waals surface area contributed by atoms with Crippen molar-refractivity contribution in [3.63, 3.8) is 0 Å². The standard InChI is InChI=1S/C10H7BrN2S/c11-10-4-3-9(14-10)7-13-5-1-2-8(13)6-12/h1-5H,7H2. The first kappa shape index (κ1) is 9.50. The topological polar surface area (TPSA) is 28.7 Å². The Labute approximate surface area is 94.5 Å². The lowest BCUT2D eigenvalue weighted by Crippen LogP contribution is -1.98. The zero-order chi connectivity index (χ0) is 9.97. The van der Waals surface area contributed by atoms with E-state index in [4.69, 9.17) is 5.26 Å². The summed E-state index contributed by atoms with van der Waals surface area (Å²) in [4.78, 5) is 1.24. The SMILES string of the molecule is N#Cc1cccn1Cc1ccc(Br)s1. The van der Waals surface area contributed by atoms with E-state index in [-0.39, 0.29) is 0 Å². The molecule has 0 N–H and O–H groups in total. The van der Waals surface area contributed by atoms with Crippen LogP contribution in [0.5, 0.6) is 0 Å². The Kier molecular flexibility index (Phi) is 2.71. The van der Waals surface area contributed by atoms with E-state index in [1.54, 1.807) is 11.3 Å². The molecule has 70 valence electrons. The van der Waals surface area contributed by atoms with Gasteiger partial charge in [0.2, 0.25) is 0 Å². The molecule has 0 aliphatic heterocycles. The minimum atomic E-state index is 0.703. The molecule has 0 unspecified atom stereocenters. The maximum Gasteiger partial charge on any atom is 0.120 e. The molecule has 0 spiro atoms. The van der Waals surface area contributed by atoms with Crippen molar-refractivity contribution in [1.29, 1.82) is 5.26 Å². The van der Waals surface area contributed by atoms with E-state index in [9.17, 15) is 0 Å². The molecule has 0 fully saturated rings. The lowest BCUT2D eigenvalue weighted by atomic mass is 10.4. The highest BCUT2D eigenvalue weighted by Gasteiger charge is 2.02. The van der Waals surface area contributed by atoms with Gasteiger partial charge in [0.15, 0.2) is 0 Å². The molecule has 0 aromatic carbocycles. The highest BCUT2D eigenvalue weighted by atomic mass is 79.9. The number of nitrogens with zero attached hydrogens (tertiary/aromatic N) is 2. The lowest BCUT2D eigenvalue weighted by molar-refractivity contribution is 0.806. The second-order valence-corrected chi connectivity index (χ2v) is 5.39. The van der Waals surface area contributed by atoms with Crippen LogP contribution >= 0.6 is 27.3 Å². The Bertz CT molecular complexity index is 478. The molecule has 2 rings (SSSR count). The van der Waals surface area contributed by atoms with Crippen LogP contribution in [0.4, 0.5) is 0 Å². The molecule has 2 aromatic rings. The zero-order valence-electron chi connectivity index (χ0n) is 7.27.